The van der Waals surface area contributed by atoms with Gasteiger partial charge in [0, 0.05) is 0 Å². The molecule has 62 valence electrons. The van der Waals surface area contributed by atoms with Crippen molar-refractivity contribution in [3.05, 3.63) is 0 Å². The van der Waals surface area contributed by atoms with E-state index in [1.54, 1.807) is 0 Å². The fourth-order valence-electron chi connectivity index (χ4n) is 1.07. The fourth-order valence-corrected chi connectivity index (χ4v) is 1.07. The molecule has 0 saturated carbocycles. The minimum Gasteiger partial charge on any atom is -0.370 e. The van der Waals surface area contributed by atoms with Crippen molar-refractivity contribution in [3.8, 4) is 0 Å². The van der Waals surface area contributed by atoms with Crippen molar-refractivity contribution >= 4 is 11.9 Å². The predicted octanol–water partition coefficient (Wildman–Crippen LogP) is -0.154. The topological polar surface area (TPSA) is 67.5 Å². The van der Waals surface area contributed by atoms with E-state index < -0.39 is 0 Å². The van der Waals surface area contributed by atoms with Crippen LogP contribution in [0.15, 0.2) is 4.99 Å². The molecule has 0 bridgehead atoms. The summed E-state index contributed by atoms with van der Waals surface area (Å²) in [4.78, 5) is 15.0. The van der Waals surface area contributed by atoms with Crippen molar-refractivity contribution in [2.45, 2.75) is 26.3 Å². The number of rotatable bonds is 2. The number of nitrogens with two attached hydrogens (primary N) is 1. The van der Waals surface area contributed by atoms with Crippen LogP contribution in [0.2, 0.25) is 0 Å². The van der Waals surface area contributed by atoms with Crippen LogP contribution in [0.1, 0.15) is 20.3 Å². The first-order chi connectivity index (χ1) is 5.09. The number of amides is 1. The van der Waals surface area contributed by atoms with E-state index in [4.69, 9.17) is 5.73 Å². The number of nitrogens with one attached hydrogen (secondary N) is 1. The zero-order chi connectivity index (χ0) is 8.43. The quantitative estimate of drug-likeness (QED) is 0.582. The molecule has 0 fully saturated rings. The van der Waals surface area contributed by atoms with Crippen LogP contribution in [0, 0.1) is 5.92 Å². The molecule has 0 radical (unpaired) electrons. The summed E-state index contributed by atoms with van der Waals surface area (Å²) in [6.45, 7) is 4.11. The van der Waals surface area contributed by atoms with Gasteiger partial charge in [0.25, 0.3) is 5.91 Å². The fraction of sp³-hybridized carbons (Fsp3) is 0.714. The molecule has 0 unspecified atom stereocenters. The highest BCUT2D eigenvalue weighted by atomic mass is 16.2. The Balaban J connectivity index is 2.52. The van der Waals surface area contributed by atoms with Crippen LogP contribution in [0.25, 0.3) is 0 Å². The van der Waals surface area contributed by atoms with Crippen LogP contribution >= 0.6 is 0 Å². The van der Waals surface area contributed by atoms with Gasteiger partial charge < -0.3 is 5.73 Å². The van der Waals surface area contributed by atoms with Gasteiger partial charge in [-0.2, -0.15) is 0 Å². The standard InChI is InChI=1S/C7H13N3O/c1-4(2)3-5-6(11)10-7(8)9-5/h4-5H,3H2,1-2H3,(H3,8,9,10,11)/t5-/m0/s1. The Hall–Kier alpha value is -1.06. The smallest absolute Gasteiger partial charge is 0.251 e. The largest absolute Gasteiger partial charge is 0.370 e. The average Bonchev–Trinajstić information content (AvgIpc) is 2.09. The molecular weight excluding hydrogens is 142 g/mol. The SMILES string of the molecule is CC(C)C[C@@H]1N=C(N)NC1=O. The summed E-state index contributed by atoms with van der Waals surface area (Å²) in [6, 6.07) is -0.255. The Morgan fingerprint density at radius 1 is 1.73 bits per heavy atom. The van der Waals surface area contributed by atoms with Gasteiger partial charge in [0.05, 0.1) is 0 Å². The molecule has 0 spiro atoms. The molecule has 0 aromatic carbocycles. The first-order valence-corrected chi connectivity index (χ1v) is 3.73. The van der Waals surface area contributed by atoms with E-state index in [1.807, 2.05) is 0 Å². The lowest BCUT2D eigenvalue weighted by molar-refractivity contribution is -0.120. The molecule has 0 aromatic rings. The molecule has 1 aliphatic heterocycles. The Morgan fingerprint density at radius 2 is 2.36 bits per heavy atom. The van der Waals surface area contributed by atoms with Crippen molar-refractivity contribution in [1.29, 1.82) is 0 Å². The lowest BCUT2D eigenvalue weighted by Crippen LogP contribution is -2.33. The van der Waals surface area contributed by atoms with Crippen molar-refractivity contribution in [3.63, 3.8) is 0 Å². The van der Waals surface area contributed by atoms with Gasteiger partial charge in [0.15, 0.2) is 5.96 Å². The van der Waals surface area contributed by atoms with Crippen LogP contribution in [0.5, 0.6) is 0 Å². The first kappa shape index (κ1) is 8.04. The summed E-state index contributed by atoms with van der Waals surface area (Å²) in [5.41, 5.74) is 5.31. The lowest BCUT2D eigenvalue weighted by Gasteiger charge is -2.06. The Bertz CT molecular complexity index is 198. The third-order valence-corrected chi connectivity index (χ3v) is 1.54. The summed E-state index contributed by atoms with van der Waals surface area (Å²) in [5, 5.41) is 2.46. The van der Waals surface area contributed by atoms with Crippen LogP contribution in [-0.2, 0) is 4.79 Å². The van der Waals surface area contributed by atoms with Gasteiger partial charge in [0.1, 0.15) is 6.04 Å². The van der Waals surface area contributed by atoms with Gasteiger partial charge in [-0.3, -0.25) is 10.1 Å². The molecule has 0 saturated heterocycles. The number of carbonyl (C=O) groups excluding carboxylic acids is 1. The molecule has 1 rings (SSSR count). The van der Waals surface area contributed by atoms with E-state index in [0.29, 0.717) is 5.92 Å². The summed E-state index contributed by atoms with van der Waals surface area (Å²) in [7, 11) is 0. The number of carbonyl (C=O) groups is 1. The molecule has 3 N–H and O–H groups in total. The Morgan fingerprint density at radius 3 is 2.73 bits per heavy atom. The average molecular weight is 155 g/mol. The number of hydrogen-bond donors (Lipinski definition) is 2. The van der Waals surface area contributed by atoms with E-state index in [9.17, 15) is 4.79 Å². The molecule has 4 nitrogen and oxygen atoms in total. The normalized spacial score (nSPS) is 23.7. The predicted molar refractivity (Wildman–Crippen MR) is 43.0 cm³/mol. The minimum absolute atomic E-state index is 0.0730. The number of guanidine groups is 1. The third kappa shape index (κ3) is 1.93. The highest BCUT2D eigenvalue weighted by Crippen LogP contribution is 2.10. The minimum atomic E-state index is -0.255. The molecule has 0 aliphatic carbocycles. The molecule has 0 aromatic heterocycles. The molecule has 11 heavy (non-hydrogen) atoms. The van der Waals surface area contributed by atoms with Gasteiger partial charge in [-0.05, 0) is 12.3 Å². The molecule has 1 atom stereocenters. The maximum atomic E-state index is 11.0. The number of hydrogen-bond acceptors (Lipinski definition) is 3. The highest BCUT2D eigenvalue weighted by molar-refractivity contribution is 6.04. The second kappa shape index (κ2) is 2.90. The Labute approximate surface area is 65.9 Å². The second-order valence-corrected chi connectivity index (χ2v) is 3.15. The Kier molecular flexibility index (Phi) is 2.12. The first-order valence-electron chi connectivity index (χ1n) is 3.73. The van der Waals surface area contributed by atoms with Crippen molar-refractivity contribution < 1.29 is 4.79 Å². The van der Waals surface area contributed by atoms with Gasteiger partial charge >= 0.3 is 0 Å². The highest BCUT2D eigenvalue weighted by Gasteiger charge is 2.24. The summed E-state index contributed by atoms with van der Waals surface area (Å²) >= 11 is 0. The number of nitrogens with zero attached hydrogens (tertiary/aromatic N) is 1. The van der Waals surface area contributed by atoms with Gasteiger partial charge in [-0.15, -0.1) is 0 Å². The van der Waals surface area contributed by atoms with Crippen LogP contribution in [-0.4, -0.2) is 17.9 Å². The van der Waals surface area contributed by atoms with Crippen molar-refractivity contribution in [2.75, 3.05) is 0 Å². The van der Waals surface area contributed by atoms with Crippen LogP contribution < -0.4 is 11.1 Å². The molecule has 4 heteroatoms. The lowest BCUT2D eigenvalue weighted by atomic mass is 10.0. The maximum absolute atomic E-state index is 11.0. The number of aliphatic imine (C=N–C) groups is 1. The molecule has 1 amide bonds. The molecular formula is C7H13N3O. The maximum Gasteiger partial charge on any atom is 0.251 e. The van der Waals surface area contributed by atoms with Gasteiger partial charge in [-0.25, -0.2) is 4.99 Å². The van der Waals surface area contributed by atoms with Crippen molar-refractivity contribution in [1.82, 2.24) is 5.32 Å². The van der Waals surface area contributed by atoms with E-state index in [2.05, 4.69) is 24.2 Å². The van der Waals surface area contributed by atoms with Crippen LogP contribution in [0.4, 0.5) is 0 Å². The molecule has 1 aliphatic rings. The zero-order valence-corrected chi connectivity index (χ0v) is 6.79. The molecule has 1 heterocycles. The summed E-state index contributed by atoms with van der Waals surface area (Å²) in [6.07, 6.45) is 0.770. The zero-order valence-electron chi connectivity index (χ0n) is 6.79. The third-order valence-electron chi connectivity index (χ3n) is 1.54. The summed E-state index contributed by atoms with van der Waals surface area (Å²) in [5.74, 6) is 0.650. The van der Waals surface area contributed by atoms with E-state index >= 15 is 0 Å². The summed E-state index contributed by atoms with van der Waals surface area (Å²) < 4.78 is 0. The monoisotopic (exact) mass is 155 g/mol. The van der Waals surface area contributed by atoms with Gasteiger partial charge in [-0.1, -0.05) is 13.8 Å². The van der Waals surface area contributed by atoms with E-state index in [0.717, 1.165) is 6.42 Å². The van der Waals surface area contributed by atoms with Crippen LogP contribution in [0.3, 0.4) is 0 Å². The van der Waals surface area contributed by atoms with Gasteiger partial charge in [0.2, 0.25) is 0 Å². The van der Waals surface area contributed by atoms with Crippen molar-refractivity contribution in [2.24, 2.45) is 16.6 Å². The van der Waals surface area contributed by atoms with E-state index in [1.165, 1.54) is 0 Å². The van der Waals surface area contributed by atoms with E-state index in [-0.39, 0.29) is 17.9 Å². The second-order valence-electron chi connectivity index (χ2n) is 3.15.